The smallest absolute Gasteiger partial charge is 0.250 e. The van der Waals surface area contributed by atoms with Crippen LogP contribution in [0.3, 0.4) is 0 Å². The van der Waals surface area contributed by atoms with Gasteiger partial charge < -0.3 is 0 Å². The van der Waals surface area contributed by atoms with E-state index < -0.39 is 0 Å². The lowest BCUT2D eigenvalue weighted by atomic mass is 10.2. The molecule has 1 aromatic carbocycles. The summed E-state index contributed by atoms with van der Waals surface area (Å²) < 4.78 is 0.851. The molecule has 2 rings (SSSR count). The molecule has 7 heteroatoms. The van der Waals surface area contributed by atoms with Gasteiger partial charge in [0.25, 0.3) is 0 Å². The fourth-order valence-electron chi connectivity index (χ4n) is 1.33. The first-order valence-electron chi connectivity index (χ1n) is 5.88. The van der Waals surface area contributed by atoms with Gasteiger partial charge in [0.1, 0.15) is 0 Å². The molecule has 0 radical (unpaired) electrons. The number of nitrogens with one attached hydrogen (secondary N) is 1. The zero-order valence-electron chi connectivity index (χ0n) is 10.7. The molecule has 1 aromatic heterocycles. The highest BCUT2D eigenvalue weighted by Gasteiger charge is 2.05. The summed E-state index contributed by atoms with van der Waals surface area (Å²) in [6.45, 7) is 2.04. The number of carbonyl (C=O) groups is 1. The molecule has 0 aliphatic carbocycles. The van der Waals surface area contributed by atoms with Crippen LogP contribution in [0, 0.1) is 0 Å². The molecule has 0 fully saturated rings. The largest absolute Gasteiger partial charge is 0.297 e. The number of thioether (sulfide) groups is 1. The molecule has 2 aromatic rings. The number of carbonyl (C=O) groups excluding carboxylic acids is 1. The third kappa shape index (κ3) is 4.63. The summed E-state index contributed by atoms with van der Waals surface area (Å²) in [5.41, 5.74) is 0.907. The van der Waals surface area contributed by atoms with Crippen LogP contribution in [-0.4, -0.2) is 21.9 Å². The maximum atomic E-state index is 11.7. The van der Waals surface area contributed by atoms with Gasteiger partial charge in [-0.3, -0.25) is 10.1 Å². The van der Waals surface area contributed by atoms with Crippen molar-refractivity contribution in [2.75, 3.05) is 11.1 Å². The van der Waals surface area contributed by atoms with Gasteiger partial charge in [-0.1, -0.05) is 53.8 Å². The minimum atomic E-state index is -0.232. The van der Waals surface area contributed by atoms with E-state index in [4.69, 9.17) is 11.6 Å². The Kier molecular flexibility index (Phi) is 5.58. The second-order valence-corrected chi connectivity index (χ2v) is 6.61. The minimum Gasteiger partial charge on any atom is -0.297 e. The molecule has 0 aliphatic heterocycles. The maximum absolute atomic E-state index is 11.7. The van der Waals surface area contributed by atoms with Gasteiger partial charge in [0.2, 0.25) is 11.0 Å². The van der Waals surface area contributed by atoms with E-state index in [0.29, 0.717) is 10.2 Å². The van der Waals surface area contributed by atoms with Crippen molar-refractivity contribution in [3.05, 3.63) is 40.9 Å². The van der Waals surface area contributed by atoms with Gasteiger partial charge >= 0.3 is 0 Å². The minimum absolute atomic E-state index is 0.232. The number of anilines is 1. The molecule has 0 atom stereocenters. The monoisotopic (exact) mass is 325 g/mol. The van der Waals surface area contributed by atoms with Crippen molar-refractivity contribution in [2.45, 2.75) is 11.3 Å². The first kappa shape index (κ1) is 15.0. The van der Waals surface area contributed by atoms with Crippen LogP contribution in [0.4, 0.5) is 5.13 Å². The summed E-state index contributed by atoms with van der Waals surface area (Å²) in [7, 11) is 0. The Labute approximate surface area is 130 Å². The van der Waals surface area contributed by atoms with E-state index in [1.54, 1.807) is 30.0 Å². The fourth-order valence-corrected chi connectivity index (χ4v) is 3.11. The van der Waals surface area contributed by atoms with Crippen LogP contribution in [0.1, 0.15) is 12.5 Å². The molecule has 0 saturated carbocycles. The highest BCUT2D eigenvalue weighted by Crippen LogP contribution is 2.24. The third-order valence-corrected chi connectivity index (χ3v) is 4.31. The van der Waals surface area contributed by atoms with E-state index in [-0.39, 0.29) is 5.91 Å². The second-order valence-electron chi connectivity index (χ2n) is 3.68. The van der Waals surface area contributed by atoms with Crippen molar-refractivity contribution < 1.29 is 4.79 Å². The predicted molar refractivity (Wildman–Crippen MR) is 85.4 cm³/mol. The average Bonchev–Trinajstić information content (AvgIpc) is 2.86. The predicted octanol–water partition coefficient (Wildman–Crippen LogP) is 3.96. The fraction of sp³-hybridized carbons (Fsp3) is 0.154. The van der Waals surface area contributed by atoms with Crippen molar-refractivity contribution >= 4 is 51.8 Å². The molecule has 1 amide bonds. The quantitative estimate of drug-likeness (QED) is 0.513. The Balaban J connectivity index is 1.92. The molecule has 1 heterocycles. The van der Waals surface area contributed by atoms with Crippen LogP contribution in [0.25, 0.3) is 6.08 Å². The van der Waals surface area contributed by atoms with E-state index >= 15 is 0 Å². The summed E-state index contributed by atoms with van der Waals surface area (Å²) in [5, 5.41) is 11.7. The summed E-state index contributed by atoms with van der Waals surface area (Å²) >= 11 is 8.76. The van der Waals surface area contributed by atoms with Gasteiger partial charge in [-0.15, -0.1) is 10.2 Å². The summed E-state index contributed by atoms with van der Waals surface area (Å²) in [6.07, 6.45) is 3.17. The Morgan fingerprint density at radius 2 is 2.15 bits per heavy atom. The highest BCUT2D eigenvalue weighted by molar-refractivity contribution is 8.01. The van der Waals surface area contributed by atoms with E-state index in [1.165, 1.54) is 17.4 Å². The van der Waals surface area contributed by atoms with Gasteiger partial charge in [0.15, 0.2) is 4.34 Å². The maximum Gasteiger partial charge on any atom is 0.250 e. The SMILES string of the molecule is CCSc1nnc(NC(=O)/C=C\c2ccc(Cl)cc2)s1. The zero-order chi connectivity index (χ0) is 14.4. The van der Waals surface area contributed by atoms with Crippen molar-refractivity contribution in [2.24, 2.45) is 0 Å². The Morgan fingerprint density at radius 1 is 1.40 bits per heavy atom. The van der Waals surface area contributed by atoms with E-state index in [2.05, 4.69) is 15.5 Å². The standard InChI is InChI=1S/C13H12ClN3OS2/c1-2-19-13-17-16-12(20-13)15-11(18)8-5-9-3-6-10(14)7-4-9/h3-8H,2H2,1H3,(H,15,16,18)/b8-5-. The Hall–Kier alpha value is -1.37. The molecule has 20 heavy (non-hydrogen) atoms. The third-order valence-electron chi connectivity index (χ3n) is 2.20. The Morgan fingerprint density at radius 3 is 2.85 bits per heavy atom. The summed E-state index contributed by atoms with van der Waals surface area (Å²) in [5.74, 6) is 0.697. The van der Waals surface area contributed by atoms with Gasteiger partial charge in [-0.05, 0) is 29.5 Å². The van der Waals surface area contributed by atoms with Crippen molar-refractivity contribution in [3.63, 3.8) is 0 Å². The van der Waals surface area contributed by atoms with Crippen LogP contribution < -0.4 is 5.32 Å². The molecular formula is C13H12ClN3OS2. The molecule has 0 aliphatic rings. The normalized spacial score (nSPS) is 10.9. The van der Waals surface area contributed by atoms with E-state index in [1.807, 2.05) is 19.1 Å². The summed E-state index contributed by atoms with van der Waals surface area (Å²) in [6, 6.07) is 7.23. The average molecular weight is 326 g/mol. The van der Waals surface area contributed by atoms with Gasteiger partial charge in [-0.25, -0.2) is 0 Å². The van der Waals surface area contributed by atoms with Crippen LogP contribution in [0.5, 0.6) is 0 Å². The number of benzene rings is 1. The molecule has 0 spiro atoms. The van der Waals surface area contributed by atoms with Crippen molar-refractivity contribution in [1.29, 1.82) is 0 Å². The topological polar surface area (TPSA) is 54.9 Å². The molecular weight excluding hydrogens is 314 g/mol. The number of hydrogen-bond donors (Lipinski definition) is 1. The number of nitrogens with zero attached hydrogens (tertiary/aromatic N) is 2. The lowest BCUT2D eigenvalue weighted by Crippen LogP contribution is -2.07. The zero-order valence-corrected chi connectivity index (χ0v) is 13.1. The Bertz CT molecular complexity index is 610. The number of rotatable bonds is 5. The first-order chi connectivity index (χ1) is 9.67. The lowest BCUT2D eigenvalue weighted by molar-refractivity contribution is -0.111. The van der Waals surface area contributed by atoms with Gasteiger partial charge in [0, 0.05) is 11.1 Å². The summed E-state index contributed by atoms with van der Waals surface area (Å²) in [4.78, 5) is 11.7. The molecule has 0 saturated heterocycles. The van der Waals surface area contributed by atoms with Crippen LogP contribution in [0.15, 0.2) is 34.7 Å². The number of halogens is 1. The molecule has 0 bridgehead atoms. The molecule has 1 N–H and O–H groups in total. The molecule has 4 nitrogen and oxygen atoms in total. The molecule has 0 unspecified atom stereocenters. The highest BCUT2D eigenvalue weighted by atomic mass is 35.5. The second kappa shape index (κ2) is 7.42. The van der Waals surface area contributed by atoms with Gasteiger partial charge in [0.05, 0.1) is 0 Å². The number of amides is 1. The van der Waals surface area contributed by atoms with Crippen molar-refractivity contribution in [1.82, 2.24) is 10.2 Å². The van der Waals surface area contributed by atoms with Crippen LogP contribution >= 0.6 is 34.7 Å². The van der Waals surface area contributed by atoms with E-state index in [0.717, 1.165) is 15.7 Å². The molecule has 104 valence electrons. The number of aromatic nitrogens is 2. The lowest BCUT2D eigenvalue weighted by Gasteiger charge is -1.95. The van der Waals surface area contributed by atoms with Crippen molar-refractivity contribution in [3.8, 4) is 0 Å². The number of hydrogen-bond acceptors (Lipinski definition) is 5. The first-order valence-corrected chi connectivity index (χ1v) is 8.06. The van der Waals surface area contributed by atoms with Gasteiger partial charge in [-0.2, -0.15) is 0 Å². The van der Waals surface area contributed by atoms with Crippen LogP contribution in [0.2, 0.25) is 5.02 Å². The van der Waals surface area contributed by atoms with E-state index in [9.17, 15) is 4.79 Å². The van der Waals surface area contributed by atoms with Crippen LogP contribution in [-0.2, 0) is 4.79 Å².